The topological polar surface area (TPSA) is 55.1 Å². The first kappa shape index (κ1) is 12.4. The van der Waals surface area contributed by atoms with E-state index in [4.69, 9.17) is 5.11 Å². The molecule has 4 heteroatoms. The number of carbonyl (C=O) groups is 1. The van der Waals surface area contributed by atoms with E-state index >= 15 is 0 Å². The Morgan fingerprint density at radius 3 is 2.89 bits per heavy atom. The lowest BCUT2D eigenvalue weighted by atomic mass is 10.00. The molecule has 4 nitrogen and oxygen atoms in total. The lowest BCUT2D eigenvalue weighted by molar-refractivity contribution is -0.137. The molecule has 1 aromatic heterocycles. The second-order valence-electron chi connectivity index (χ2n) is 4.38. The van der Waals surface area contributed by atoms with Crippen molar-refractivity contribution in [3.05, 3.63) is 41.7 Å². The van der Waals surface area contributed by atoms with Gasteiger partial charge in [0.15, 0.2) is 0 Å². The zero-order valence-electron chi connectivity index (χ0n) is 10.6. The largest absolute Gasteiger partial charge is 0.481 e. The van der Waals surface area contributed by atoms with Gasteiger partial charge in [0.1, 0.15) is 0 Å². The molecule has 0 fully saturated rings. The van der Waals surface area contributed by atoms with Crippen molar-refractivity contribution < 1.29 is 9.90 Å². The molecule has 0 aliphatic rings. The molecule has 94 valence electrons. The highest BCUT2D eigenvalue weighted by Gasteiger charge is 2.07. The molecule has 0 aliphatic heterocycles. The fraction of sp³-hybridized carbons (Fsp3) is 0.286. The monoisotopic (exact) mass is 244 g/mol. The number of carboxylic acids is 1. The molecule has 1 heterocycles. The summed E-state index contributed by atoms with van der Waals surface area (Å²) in [5.41, 5.74) is 4.65. The van der Waals surface area contributed by atoms with E-state index in [2.05, 4.69) is 31.1 Å². The van der Waals surface area contributed by atoms with Gasteiger partial charge in [-0.3, -0.25) is 9.48 Å². The van der Waals surface area contributed by atoms with E-state index in [1.165, 1.54) is 11.1 Å². The highest BCUT2D eigenvalue weighted by atomic mass is 16.4. The van der Waals surface area contributed by atoms with Crippen LogP contribution in [-0.2, 0) is 11.3 Å². The summed E-state index contributed by atoms with van der Waals surface area (Å²) in [5, 5.41) is 12.8. The van der Waals surface area contributed by atoms with E-state index in [1.807, 2.05) is 12.3 Å². The second-order valence-corrected chi connectivity index (χ2v) is 4.38. The molecule has 1 aromatic carbocycles. The Hall–Kier alpha value is -2.10. The second kappa shape index (κ2) is 5.04. The van der Waals surface area contributed by atoms with Gasteiger partial charge in [0.05, 0.1) is 19.2 Å². The standard InChI is InChI=1S/C14H16N2O2/c1-10-4-3-5-13(11(10)2)12-8-15-16(9-12)7-6-14(17)18/h3-5,8-9H,6-7H2,1-2H3,(H,17,18). The number of aliphatic carboxylic acids is 1. The van der Waals surface area contributed by atoms with Crippen molar-refractivity contribution >= 4 is 5.97 Å². The van der Waals surface area contributed by atoms with Gasteiger partial charge in [0, 0.05) is 11.8 Å². The number of rotatable bonds is 4. The van der Waals surface area contributed by atoms with Crippen molar-refractivity contribution in [2.75, 3.05) is 0 Å². The number of nitrogens with zero attached hydrogens (tertiary/aromatic N) is 2. The molecule has 2 aromatic rings. The van der Waals surface area contributed by atoms with Crippen LogP contribution in [0.1, 0.15) is 17.5 Å². The van der Waals surface area contributed by atoms with E-state index < -0.39 is 5.97 Å². The molecule has 2 rings (SSSR count). The summed E-state index contributed by atoms with van der Waals surface area (Å²) in [6, 6.07) is 6.15. The van der Waals surface area contributed by atoms with Crippen LogP contribution in [0.2, 0.25) is 0 Å². The average Bonchev–Trinajstić information content (AvgIpc) is 2.78. The van der Waals surface area contributed by atoms with Gasteiger partial charge in [-0.2, -0.15) is 5.10 Å². The van der Waals surface area contributed by atoms with Gasteiger partial charge in [-0.15, -0.1) is 0 Å². The highest BCUT2D eigenvalue weighted by Crippen LogP contribution is 2.24. The highest BCUT2D eigenvalue weighted by molar-refractivity contribution is 5.67. The van der Waals surface area contributed by atoms with E-state index in [9.17, 15) is 4.79 Å². The van der Waals surface area contributed by atoms with Crippen LogP contribution in [0.4, 0.5) is 0 Å². The number of carboxylic acid groups (broad SMARTS) is 1. The Bertz CT molecular complexity index is 573. The van der Waals surface area contributed by atoms with Gasteiger partial charge in [0.2, 0.25) is 0 Å². The molecule has 1 N–H and O–H groups in total. The molecule has 0 unspecified atom stereocenters. The van der Waals surface area contributed by atoms with Gasteiger partial charge in [-0.05, 0) is 30.5 Å². The SMILES string of the molecule is Cc1cccc(-c2cnn(CCC(=O)O)c2)c1C. The maximum absolute atomic E-state index is 10.5. The Morgan fingerprint density at radius 1 is 1.39 bits per heavy atom. The van der Waals surface area contributed by atoms with Crippen molar-refractivity contribution in [2.24, 2.45) is 0 Å². The number of benzene rings is 1. The normalized spacial score (nSPS) is 10.6. The molecule has 0 aliphatic carbocycles. The third-order valence-corrected chi connectivity index (χ3v) is 3.10. The van der Waals surface area contributed by atoms with Crippen LogP contribution in [0.5, 0.6) is 0 Å². The predicted molar refractivity (Wildman–Crippen MR) is 69.4 cm³/mol. The van der Waals surface area contributed by atoms with Crippen molar-refractivity contribution in [1.82, 2.24) is 9.78 Å². The van der Waals surface area contributed by atoms with Crippen molar-refractivity contribution in [1.29, 1.82) is 0 Å². The summed E-state index contributed by atoms with van der Waals surface area (Å²) >= 11 is 0. The smallest absolute Gasteiger partial charge is 0.305 e. The molecule has 0 spiro atoms. The minimum absolute atomic E-state index is 0.0912. The molecular formula is C14H16N2O2. The van der Waals surface area contributed by atoms with Gasteiger partial charge in [0.25, 0.3) is 0 Å². The quantitative estimate of drug-likeness (QED) is 0.899. The Kier molecular flexibility index (Phi) is 3.46. The Morgan fingerprint density at radius 2 is 2.17 bits per heavy atom. The van der Waals surface area contributed by atoms with E-state index in [0.29, 0.717) is 6.54 Å². The fourth-order valence-electron chi connectivity index (χ4n) is 1.90. The van der Waals surface area contributed by atoms with Crippen LogP contribution in [0, 0.1) is 13.8 Å². The number of hydrogen-bond donors (Lipinski definition) is 1. The van der Waals surface area contributed by atoms with Gasteiger partial charge < -0.3 is 5.11 Å². The van der Waals surface area contributed by atoms with Crippen LogP contribution in [0.25, 0.3) is 11.1 Å². The van der Waals surface area contributed by atoms with Gasteiger partial charge >= 0.3 is 5.97 Å². The summed E-state index contributed by atoms with van der Waals surface area (Å²) in [5.74, 6) is -0.807. The van der Waals surface area contributed by atoms with E-state index in [0.717, 1.165) is 11.1 Å². The van der Waals surface area contributed by atoms with Gasteiger partial charge in [-0.25, -0.2) is 0 Å². The fourth-order valence-corrected chi connectivity index (χ4v) is 1.90. The molecular weight excluding hydrogens is 228 g/mol. The van der Waals surface area contributed by atoms with Crippen LogP contribution < -0.4 is 0 Å². The first-order chi connectivity index (χ1) is 8.58. The average molecular weight is 244 g/mol. The number of aromatic nitrogens is 2. The van der Waals surface area contributed by atoms with Crippen molar-refractivity contribution in [2.45, 2.75) is 26.8 Å². The lowest BCUT2D eigenvalue weighted by Gasteiger charge is -2.05. The number of hydrogen-bond acceptors (Lipinski definition) is 2. The van der Waals surface area contributed by atoms with E-state index in [-0.39, 0.29) is 6.42 Å². The molecule has 18 heavy (non-hydrogen) atoms. The Labute approximate surface area is 106 Å². The molecule has 0 radical (unpaired) electrons. The van der Waals surface area contributed by atoms with Crippen LogP contribution in [0.3, 0.4) is 0 Å². The zero-order valence-corrected chi connectivity index (χ0v) is 10.6. The van der Waals surface area contributed by atoms with Crippen LogP contribution in [0.15, 0.2) is 30.6 Å². The lowest BCUT2D eigenvalue weighted by Crippen LogP contribution is -2.04. The summed E-state index contributed by atoms with van der Waals surface area (Å²) in [7, 11) is 0. The molecule has 0 atom stereocenters. The summed E-state index contributed by atoms with van der Waals surface area (Å²) in [6.45, 7) is 4.56. The minimum atomic E-state index is -0.807. The molecule has 0 amide bonds. The zero-order chi connectivity index (χ0) is 13.1. The van der Waals surface area contributed by atoms with E-state index in [1.54, 1.807) is 10.9 Å². The maximum Gasteiger partial charge on any atom is 0.305 e. The maximum atomic E-state index is 10.5. The Balaban J connectivity index is 2.24. The van der Waals surface area contributed by atoms with Gasteiger partial charge in [-0.1, -0.05) is 18.2 Å². The summed E-state index contributed by atoms with van der Waals surface area (Å²) in [6.07, 6.45) is 3.77. The predicted octanol–water partition coefficient (Wildman–Crippen LogP) is 2.64. The van der Waals surface area contributed by atoms with Crippen molar-refractivity contribution in [3.8, 4) is 11.1 Å². The molecule has 0 saturated heterocycles. The third-order valence-electron chi connectivity index (χ3n) is 3.10. The van der Waals surface area contributed by atoms with Crippen LogP contribution >= 0.6 is 0 Å². The molecule has 0 saturated carbocycles. The minimum Gasteiger partial charge on any atom is -0.481 e. The summed E-state index contributed by atoms with van der Waals surface area (Å²) in [4.78, 5) is 10.5. The van der Waals surface area contributed by atoms with Crippen molar-refractivity contribution in [3.63, 3.8) is 0 Å². The third kappa shape index (κ3) is 2.59. The molecule has 0 bridgehead atoms. The first-order valence-corrected chi connectivity index (χ1v) is 5.89. The number of aryl methyl sites for hydroxylation is 2. The first-order valence-electron chi connectivity index (χ1n) is 5.89. The summed E-state index contributed by atoms with van der Waals surface area (Å²) < 4.78 is 1.67. The van der Waals surface area contributed by atoms with Crippen LogP contribution in [-0.4, -0.2) is 20.9 Å².